The molecule has 0 aliphatic rings. The van der Waals surface area contributed by atoms with Crippen LogP contribution < -0.4 is 10.0 Å². The predicted molar refractivity (Wildman–Crippen MR) is 119 cm³/mol. The molecule has 150 valence electrons. The zero-order valence-corrected chi connectivity index (χ0v) is 18.0. The Morgan fingerprint density at radius 2 is 1.66 bits per heavy atom. The molecule has 0 aliphatic heterocycles. The van der Waals surface area contributed by atoms with E-state index in [0.29, 0.717) is 22.5 Å². The zero-order chi connectivity index (χ0) is 21.0. The lowest BCUT2D eigenvalue weighted by Crippen LogP contribution is -2.17. The lowest BCUT2D eigenvalue weighted by atomic mass is 10.1. The minimum absolute atomic E-state index is 0.0365. The number of carbonyl (C=O) groups is 1. The van der Waals surface area contributed by atoms with Crippen LogP contribution >= 0.6 is 11.8 Å². The van der Waals surface area contributed by atoms with E-state index in [2.05, 4.69) is 10.0 Å². The molecule has 0 atom stereocenters. The number of amides is 1. The average Bonchev–Trinajstić information content (AvgIpc) is 2.70. The average molecular weight is 427 g/mol. The molecule has 0 heterocycles. The van der Waals surface area contributed by atoms with Gasteiger partial charge in [-0.1, -0.05) is 30.3 Å². The summed E-state index contributed by atoms with van der Waals surface area (Å²) in [6.45, 7) is 3.60. The van der Waals surface area contributed by atoms with Gasteiger partial charge in [0, 0.05) is 16.1 Å². The second-order valence-electron chi connectivity index (χ2n) is 6.58. The number of aryl methyl sites for hydroxylation is 2. The van der Waals surface area contributed by atoms with Crippen LogP contribution in [0.3, 0.4) is 0 Å². The molecule has 0 aromatic heterocycles. The molecule has 7 heteroatoms. The van der Waals surface area contributed by atoms with Gasteiger partial charge in [0.1, 0.15) is 0 Å². The third kappa shape index (κ3) is 4.99. The van der Waals surface area contributed by atoms with E-state index < -0.39 is 10.0 Å². The van der Waals surface area contributed by atoms with Gasteiger partial charge in [0.25, 0.3) is 15.9 Å². The fourth-order valence-electron chi connectivity index (χ4n) is 2.80. The third-order valence-electron chi connectivity index (χ3n) is 4.48. The maximum absolute atomic E-state index is 12.8. The van der Waals surface area contributed by atoms with Gasteiger partial charge in [0.2, 0.25) is 0 Å². The van der Waals surface area contributed by atoms with Crippen molar-refractivity contribution in [1.82, 2.24) is 0 Å². The molecule has 5 nitrogen and oxygen atoms in total. The van der Waals surface area contributed by atoms with Crippen molar-refractivity contribution in [3.05, 3.63) is 83.4 Å². The Kier molecular flexibility index (Phi) is 6.30. The molecule has 0 spiro atoms. The lowest BCUT2D eigenvalue weighted by molar-refractivity contribution is 0.102. The van der Waals surface area contributed by atoms with Gasteiger partial charge in [-0.05, 0) is 67.6 Å². The Balaban J connectivity index is 1.89. The van der Waals surface area contributed by atoms with E-state index in [0.717, 1.165) is 10.5 Å². The monoisotopic (exact) mass is 426 g/mol. The predicted octanol–water partition coefficient (Wildman–Crippen LogP) is 5.08. The minimum atomic E-state index is -3.83. The smallest absolute Gasteiger partial charge is 0.261 e. The van der Waals surface area contributed by atoms with Gasteiger partial charge >= 0.3 is 0 Å². The number of anilines is 2. The highest BCUT2D eigenvalue weighted by atomic mass is 32.2. The maximum atomic E-state index is 12.8. The van der Waals surface area contributed by atoms with Crippen molar-refractivity contribution >= 4 is 39.1 Å². The van der Waals surface area contributed by atoms with Crippen LogP contribution in [0.1, 0.15) is 21.5 Å². The van der Waals surface area contributed by atoms with Crippen LogP contribution in [-0.4, -0.2) is 20.6 Å². The summed E-state index contributed by atoms with van der Waals surface area (Å²) in [5.74, 6) is -0.353. The van der Waals surface area contributed by atoms with Crippen LogP contribution in [0.5, 0.6) is 0 Å². The first-order chi connectivity index (χ1) is 13.8. The Hall–Kier alpha value is -2.77. The SMILES string of the molecule is CSc1cccc(NC(=O)c2cc(S(=O)(=O)Nc3ccccc3C)ccc2C)c1. The van der Waals surface area contributed by atoms with Crippen LogP contribution in [0.4, 0.5) is 11.4 Å². The number of para-hydroxylation sites is 1. The van der Waals surface area contributed by atoms with Crippen molar-refractivity contribution in [2.75, 3.05) is 16.3 Å². The van der Waals surface area contributed by atoms with Crippen molar-refractivity contribution in [2.24, 2.45) is 0 Å². The Morgan fingerprint density at radius 3 is 2.38 bits per heavy atom. The summed E-state index contributed by atoms with van der Waals surface area (Å²) < 4.78 is 28.3. The van der Waals surface area contributed by atoms with Crippen LogP contribution in [0.15, 0.2) is 76.5 Å². The van der Waals surface area contributed by atoms with Gasteiger partial charge in [0.05, 0.1) is 10.6 Å². The van der Waals surface area contributed by atoms with Gasteiger partial charge in [-0.25, -0.2) is 8.42 Å². The van der Waals surface area contributed by atoms with Crippen LogP contribution in [0.25, 0.3) is 0 Å². The van der Waals surface area contributed by atoms with Gasteiger partial charge in [0.15, 0.2) is 0 Å². The van der Waals surface area contributed by atoms with Gasteiger partial charge in [-0.3, -0.25) is 9.52 Å². The second-order valence-corrected chi connectivity index (χ2v) is 9.15. The number of thioether (sulfide) groups is 1. The summed E-state index contributed by atoms with van der Waals surface area (Å²) in [6, 6.07) is 19.2. The zero-order valence-electron chi connectivity index (χ0n) is 16.4. The largest absolute Gasteiger partial charge is 0.322 e. The summed E-state index contributed by atoms with van der Waals surface area (Å²) in [5, 5.41) is 2.84. The fraction of sp³-hybridized carbons (Fsp3) is 0.136. The molecule has 0 fully saturated rings. The number of hydrogen-bond acceptors (Lipinski definition) is 4. The Bertz CT molecular complexity index is 1160. The molecule has 1 amide bonds. The molecular weight excluding hydrogens is 404 g/mol. The van der Waals surface area contributed by atoms with Gasteiger partial charge in [-0.15, -0.1) is 11.8 Å². The number of benzene rings is 3. The van der Waals surface area contributed by atoms with Crippen molar-refractivity contribution in [1.29, 1.82) is 0 Å². The van der Waals surface area contributed by atoms with Crippen LogP contribution in [-0.2, 0) is 10.0 Å². The van der Waals surface area contributed by atoms with E-state index in [1.54, 1.807) is 43.0 Å². The number of hydrogen-bond donors (Lipinski definition) is 2. The number of sulfonamides is 1. The molecule has 3 rings (SSSR count). The number of nitrogens with one attached hydrogen (secondary N) is 2. The fourth-order valence-corrected chi connectivity index (χ4v) is 4.42. The highest BCUT2D eigenvalue weighted by Gasteiger charge is 2.19. The molecule has 3 aromatic carbocycles. The molecule has 29 heavy (non-hydrogen) atoms. The van der Waals surface area contributed by atoms with Crippen molar-refractivity contribution in [3.8, 4) is 0 Å². The van der Waals surface area contributed by atoms with Crippen molar-refractivity contribution < 1.29 is 13.2 Å². The van der Waals surface area contributed by atoms with Crippen molar-refractivity contribution in [3.63, 3.8) is 0 Å². The van der Waals surface area contributed by atoms with E-state index in [4.69, 9.17) is 0 Å². The first-order valence-electron chi connectivity index (χ1n) is 8.94. The third-order valence-corrected chi connectivity index (χ3v) is 6.57. The first-order valence-corrected chi connectivity index (χ1v) is 11.7. The summed E-state index contributed by atoms with van der Waals surface area (Å²) in [5.41, 5.74) is 2.99. The first kappa shape index (κ1) is 21.0. The summed E-state index contributed by atoms with van der Waals surface area (Å²) in [4.78, 5) is 13.9. The van der Waals surface area contributed by atoms with E-state index >= 15 is 0 Å². The van der Waals surface area contributed by atoms with Gasteiger partial charge < -0.3 is 5.32 Å². The molecule has 0 radical (unpaired) electrons. The summed E-state index contributed by atoms with van der Waals surface area (Å²) in [7, 11) is -3.83. The Labute approximate surface area is 175 Å². The van der Waals surface area contributed by atoms with Crippen molar-refractivity contribution in [2.45, 2.75) is 23.6 Å². The minimum Gasteiger partial charge on any atom is -0.322 e. The quantitative estimate of drug-likeness (QED) is 0.539. The van der Waals surface area contributed by atoms with Gasteiger partial charge in [-0.2, -0.15) is 0 Å². The highest BCUT2D eigenvalue weighted by Crippen LogP contribution is 2.23. The molecule has 3 aromatic rings. The van der Waals surface area contributed by atoms with E-state index in [9.17, 15) is 13.2 Å². The standard InChI is InChI=1S/C22H22N2O3S2/c1-15-11-12-19(29(26,27)24-21-10-5-4-7-16(21)2)14-20(15)22(25)23-17-8-6-9-18(13-17)28-3/h4-14,24H,1-3H3,(H,23,25). The number of carbonyl (C=O) groups excluding carboxylic acids is 1. The normalized spacial score (nSPS) is 11.1. The molecule has 0 unspecified atom stereocenters. The number of rotatable bonds is 6. The lowest BCUT2D eigenvalue weighted by Gasteiger charge is -2.13. The summed E-state index contributed by atoms with van der Waals surface area (Å²) >= 11 is 1.58. The van der Waals surface area contributed by atoms with E-state index in [1.165, 1.54) is 12.1 Å². The molecule has 0 saturated carbocycles. The van der Waals surface area contributed by atoms with E-state index in [-0.39, 0.29) is 10.8 Å². The van der Waals surface area contributed by atoms with E-state index in [1.807, 2.05) is 43.5 Å². The molecule has 2 N–H and O–H groups in total. The molecule has 0 saturated heterocycles. The van der Waals surface area contributed by atoms with Crippen LogP contribution in [0.2, 0.25) is 0 Å². The second kappa shape index (κ2) is 8.71. The van der Waals surface area contributed by atoms with Crippen LogP contribution in [0, 0.1) is 13.8 Å². The topological polar surface area (TPSA) is 75.3 Å². The highest BCUT2D eigenvalue weighted by molar-refractivity contribution is 7.98. The molecule has 0 bridgehead atoms. The Morgan fingerprint density at radius 1 is 0.897 bits per heavy atom. The molecule has 0 aliphatic carbocycles. The summed E-state index contributed by atoms with van der Waals surface area (Å²) in [6.07, 6.45) is 1.96. The maximum Gasteiger partial charge on any atom is 0.261 e. The molecular formula is C22H22N2O3S2.